The van der Waals surface area contributed by atoms with Crippen LogP contribution < -0.4 is 25.3 Å². The van der Waals surface area contributed by atoms with Gasteiger partial charge in [-0.1, -0.05) is 12.1 Å². The highest BCUT2D eigenvalue weighted by atomic mass is 16.5. The molecule has 0 aliphatic carbocycles. The van der Waals surface area contributed by atoms with Crippen molar-refractivity contribution >= 4 is 11.6 Å². The molecule has 0 aromatic heterocycles. The van der Waals surface area contributed by atoms with E-state index in [-0.39, 0.29) is 0 Å². The van der Waals surface area contributed by atoms with Crippen molar-refractivity contribution in [3.05, 3.63) is 47.0 Å². The summed E-state index contributed by atoms with van der Waals surface area (Å²) in [5.41, 5.74) is 10.4. The summed E-state index contributed by atoms with van der Waals surface area (Å²) in [5.74, 6) is 2.25. The fraction of sp³-hybridized carbons (Fsp3) is 0.350. The van der Waals surface area contributed by atoms with E-state index in [2.05, 4.69) is 36.3 Å². The molecule has 0 heterocycles. The number of nitrogens with zero attached hydrogens (tertiary/aromatic N) is 1. The summed E-state index contributed by atoms with van der Waals surface area (Å²) in [6, 6.07) is 9.90. The monoisotopic (exact) mass is 357 g/mol. The van der Waals surface area contributed by atoms with Crippen LogP contribution in [0.15, 0.2) is 35.3 Å². The summed E-state index contributed by atoms with van der Waals surface area (Å²) >= 11 is 0. The van der Waals surface area contributed by atoms with E-state index in [0.29, 0.717) is 36.2 Å². The highest BCUT2D eigenvalue weighted by Crippen LogP contribution is 2.39. The lowest BCUT2D eigenvalue weighted by Gasteiger charge is -2.15. The molecular weight excluding hydrogens is 330 g/mol. The van der Waals surface area contributed by atoms with Gasteiger partial charge in [0.2, 0.25) is 5.75 Å². The Hall–Kier alpha value is -2.89. The molecule has 6 nitrogen and oxygen atoms in total. The lowest BCUT2D eigenvalue weighted by Crippen LogP contribution is -2.23. The second-order valence-electron chi connectivity index (χ2n) is 5.93. The Kier molecular flexibility index (Phi) is 6.72. The number of guanidine groups is 1. The number of hydrogen-bond donors (Lipinski definition) is 2. The van der Waals surface area contributed by atoms with Crippen LogP contribution in [0.25, 0.3) is 0 Å². The first-order valence-electron chi connectivity index (χ1n) is 8.42. The Morgan fingerprint density at radius 2 is 1.69 bits per heavy atom. The number of nitrogens with two attached hydrogens (primary N) is 1. The first kappa shape index (κ1) is 19.4. The van der Waals surface area contributed by atoms with Crippen LogP contribution in [-0.4, -0.2) is 33.8 Å². The standard InChI is InChI=1S/C20H27N3O3/c1-13-6-8-16(12-14(13)2)23-20(21)22-11-10-15-7-9-17(24-3)19(26-5)18(15)25-4/h6-9,12H,10-11H2,1-5H3,(H3,21,22,23). The van der Waals surface area contributed by atoms with Gasteiger partial charge in [-0.3, -0.25) is 4.99 Å². The first-order chi connectivity index (χ1) is 12.5. The fourth-order valence-electron chi connectivity index (χ4n) is 2.66. The maximum atomic E-state index is 5.99. The van der Waals surface area contributed by atoms with Crippen LogP contribution in [0.4, 0.5) is 5.69 Å². The highest BCUT2D eigenvalue weighted by molar-refractivity contribution is 5.92. The maximum absolute atomic E-state index is 5.99. The predicted molar refractivity (Wildman–Crippen MR) is 106 cm³/mol. The molecule has 0 fully saturated rings. The predicted octanol–water partition coefficient (Wildman–Crippen LogP) is 3.30. The van der Waals surface area contributed by atoms with Gasteiger partial charge in [-0.05, 0) is 49.6 Å². The SMILES string of the molecule is COc1ccc(CCN=C(N)Nc2ccc(C)c(C)c2)c(OC)c1OC. The zero-order valence-corrected chi connectivity index (χ0v) is 16.1. The molecule has 26 heavy (non-hydrogen) atoms. The molecule has 6 heteroatoms. The minimum atomic E-state index is 0.382. The number of benzene rings is 2. The third-order valence-corrected chi connectivity index (χ3v) is 4.23. The van der Waals surface area contributed by atoms with Crippen molar-refractivity contribution < 1.29 is 14.2 Å². The van der Waals surface area contributed by atoms with Crippen LogP contribution in [-0.2, 0) is 6.42 Å². The fourth-order valence-corrected chi connectivity index (χ4v) is 2.66. The zero-order valence-electron chi connectivity index (χ0n) is 16.1. The lowest BCUT2D eigenvalue weighted by molar-refractivity contribution is 0.322. The molecule has 2 aromatic rings. The van der Waals surface area contributed by atoms with Crippen molar-refractivity contribution in [1.29, 1.82) is 0 Å². The molecule has 0 radical (unpaired) electrons. The number of anilines is 1. The Morgan fingerprint density at radius 3 is 2.31 bits per heavy atom. The molecule has 140 valence electrons. The lowest BCUT2D eigenvalue weighted by atomic mass is 10.1. The van der Waals surface area contributed by atoms with Gasteiger partial charge in [0.25, 0.3) is 0 Å². The molecule has 2 aromatic carbocycles. The average molecular weight is 357 g/mol. The molecule has 0 unspecified atom stereocenters. The van der Waals surface area contributed by atoms with Crippen molar-refractivity contribution in [3.63, 3.8) is 0 Å². The number of hydrogen-bond acceptors (Lipinski definition) is 4. The van der Waals surface area contributed by atoms with Gasteiger partial charge in [0.05, 0.1) is 21.3 Å². The van der Waals surface area contributed by atoms with Gasteiger partial charge in [0.15, 0.2) is 17.5 Å². The molecule has 2 rings (SSSR count). The molecule has 0 aliphatic rings. The highest BCUT2D eigenvalue weighted by Gasteiger charge is 2.15. The zero-order chi connectivity index (χ0) is 19.1. The Balaban J connectivity index is 2.06. The van der Waals surface area contributed by atoms with Gasteiger partial charge in [0.1, 0.15) is 0 Å². The van der Waals surface area contributed by atoms with E-state index >= 15 is 0 Å². The summed E-state index contributed by atoms with van der Waals surface area (Å²) in [6.07, 6.45) is 0.666. The summed E-state index contributed by atoms with van der Waals surface area (Å²) < 4.78 is 16.2. The molecular formula is C20H27N3O3. The number of aryl methyl sites for hydroxylation is 2. The van der Waals surface area contributed by atoms with E-state index in [1.807, 2.05) is 18.2 Å². The van der Waals surface area contributed by atoms with Crippen LogP contribution in [0.5, 0.6) is 17.2 Å². The van der Waals surface area contributed by atoms with Gasteiger partial charge < -0.3 is 25.3 Å². The minimum Gasteiger partial charge on any atom is -0.493 e. The number of aliphatic imine (C=N–C) groups is 1. The topological polar surface area (TPSA) is 78.1 Å². The van der Waals surface area contributed by atoms with Gasteiger partial charge >= 0.3 is 0 Å². The number of methoxy groups -OCH3 is 3. The Labute approximate surface area is 155 Å². The summed E-state index contributed by atoms with van der Waals surface area (Å²) in [5, 5.41) is 3.12. The number of ether oxygens (including phenoxy) is 3. The van der Waals surface area contributed by atoms with E-state index in [4.69, 9.17) is 19.9 Å². The molecule has 0 amide bonds. The summed E-state index contributed by atoms with van der Waals surface area (Å²) in [4.78, 5) is 4.40. The Bertz CT molecular complexity index is 788. The van der Waals surface area contributed by atoms with Crippen molar-refractivity contribution in [1.82, 2.24) is 0 Å². The van der Waals surface area contributed by atoms with Crippen molar-refractivity contribution in [2.45, 2.75) is 20.3 Å². The molecule has 0 atom stereocenters. The number of rotatable bonds is 7. The largest absolute Gasteiger partial charge is 0.493 e. The third kappa shape index (κ3) is 4.59. The second-order valence-corrected chi connectivity index (χ2v) is 5.93. The van der Waals surface area contributed by atoms with Crippen LogP contribution in [0.3, 0.4) is 0 Å². The van der Waals surface area contributed by atoms with E-state index in [9.17, 15) is 0 Å². The van der Waals surface area contributed by atoms with Crippen LogP contribution >= 0.6 is 0 Å². The molecule has 0 saturated carbocycles. The van der Waals surface area contributed by atoms with Gasteiger partial charge in [-0.2, -0.15) is 0 Å². The molecule has 0 aliphatic heterocycles. The van der Waals surface area contributed by atoms with Crippen LogP contribution in [0.1, 0.15) is 16.7 Å². The van der Waals surface area contributed by atoms with Crippen molar-refractivity contribution in [3.8, 4) is 17.2 Å². The molecule has 0 bridgehead atoms. The smallest absolute Gasteiger partial charge is 0.203 e. The molecule has 0 spiro atoms. The number of nitrogens with one attached hydrogen (secondary N) is 1. The minimum absolute atomic E-state index is 0.382. The van der Waals surface area contributed by atoms with Gasteiger partial charge in [-0.25, -0.2) is 0 Å². The second kappa shape index (κ2) is 8.99. The van der Waals surface area contributed by atoms with Crippen molar-refractivity contribution in [2.24, 2.45) is 10.7 Å². The van der Waals surface area contributed by atoms with E-state index in [1.165, 1.54) is 11.1 Å². The quantitative estimate of drug-likeness (QED) is 0.587. The maximum Gasteiger partial charge on any atom is 0.203 e. The summed E-state index contributed by atoms with van der Waals surface area (Å²) in [7, 11) is 4.80. The van der Waals surface area contributed by atoms with Gasteiger partial charge in [0, 0.05) is 17.8 Å². The van der Waals surface area contributed by atoms with Gasteiger partial charge in [-0.15, -0.1) is 0 Å². The van der Waals surface area contributed by atoms with E-state index < -0.39 is 0 Å². The van der Waals surface area contributed by atoms with Crippen LogP contribution in [0, 0.1) is 13.8 Å². The molecule has 0 saturated heterocycles. The normalized spacial score (nSPS) is 11.2. The van der Waals surface area contributed by atoms with E-state index in [0.717, 1.165) is 11.3 Å². The Morgan fingerprint density at radius 1 is 0.962 bits per heavy atom. The third-order valence-electron chi connectivity index (χ3n) is 4.23. The molecule has 3 N–H and O–H groups in total. The first-order valence-corrected chi connectivity index (χ1v) is 8.42. The van der Waals surface area contributed by atoms with E-state index in [1.54, 1.807) is 21.3 Å². The van der Waals surface area contributed by atoms with Crippen molar-refractivity contribution in [2.75, 3.05) is 33.2 Å². The summed E-state index contributed by atoms with van der Waals surface area (Å²) in [6.45, 7) is 4.67. The average Bonchev–Trinajstić information content (AvgIpc) is 2.64. The van der Waals surface area contributed by atoms with Crippen LogP contribution in [0.2, 0.25) is 0 Å².